The standard InChI is InChI=1S/C18H22N4O2/c19-8-13-4-3-7-20-16(13)22-10-14-9-21(15-5-1-2-6-15)11-18(14,12-22)17(23)24/h3-4,7,14-15H,1-2,5-6,9-12H2,(H,23,24)/t14-,18-/m0/s1. The largest absolute Gasteiger partial charge is 0.481 e. The normalized spacial score (nSPS) is 30.5. The van der Waals surface area contributed by atoms with E-state index >= 15 is 0 Å². The van der Waals surface area contributed by atoms with Crippen LogP contribution in [0.15, 0.2) is 18.3 Å². The van der Waals surface area contributed by atoms with Gasteiger partial charge in [0, 0.05) is 44.3 Å². The van der Waals surface area contributed by atoms with Crippen LogP contribution >= 0.6 is 0 Å². The molecule has 3 aliphatic rings. The van der Waals surface area contributed by atoms with Gasteiger partial charge in [-0.1, -0.05) is 12.8 Å². The summed E-state index contributed by atoms with van der Waals surface area (Å²) in [7, 11) is 0. The van der Waals surface area contributed by atoms with Gasteiger partial charge >= 0.3 is 5.97 Å². The molecule has 1 aromatic heterocycles. The summed E-state index contributed by atoms with van der Waals surface area (Å²) >= 11 is 0. The topological polar surface area (TPSA) is 80.5 Å². The number of likely N-dealkylation sites (tertiary alicyclic amines) is 1. The first-order chi connectivity index (χ1) is 11.6. The fraction of sp³-hybridized carbons (Fsp3) is 0.611. The van der Waals surface area contributed by atoms with Crippen molar-refractivity contribution in [2.45, 2.75) is 31.7 Å². The summed E-state index contributed by atoms with van der Waals surface area (Å²) in [6, 6.07) is 6.22. The van der Waals surface area contributed by atoms with Gasteiger partial charge in [0.05, 0.1) is 5.56 Å². The van der Waals surface area contributed by atoms with Crippen LogP contribution in [0, 0.1) is 22.7 Å². The van der Waals surface area contributed by atoms with E-state index in [1.807, 2.05) is 4.90 Å². The number of carboxylic acid groups (broad SMARTS) is 1. The van der Waals surface area contributed by atoms with Crippen molar-refractivity contribution in [2.75, 3.05) is 31.1 Å². The van der Waals surface area contributed by atoms with Crippen molar-refractivity contribution >= 4 is 11.8 Å². The first-order valence-electron chi connectivity index (χ1n) is 8.71. The van der Waals surface area contributed by atoms with E-state index in [9.17, 15) is 15.2 Å². The molecule has 0 radical (unpaired) electrons. The van der Waals surface area contributed by atoms with E-state index < -0.39 is 11.4 Å². The molecule has 1 aromatic rings. The number of nitriles is 1. The number of rotatable bonds is 3. The van der Waals surface area contributed by atoms with E-state index in [1.165, 1.54) is 25.7 Å². The molecule has 0 spiro atoms. The van der Waals surface area contributed by atoms with Gasteiger partial charge in [0.2, 0.25) is 0 Å². The lowest BCUT2D eigenvalue weighted by Crippen LogP contribution is -2.42. The fourth-order valence-corrected chi connectivity index (χ4v) is 4.85. The maximum atomic E-state index is 12.2. The maximum Gasteiger partial charge on any atom is 0.313 e. The number of hydrogen-bond acceptors (Lipinski definition) is 5. The van der Waals surface area contributed by atoms with Gasteiger partial charge in [-0.25, -0.2) is 4.98 Å². The van der Waals surface area contributed by atoms with Crippen molar-refractivity contribution in [3.63, 3.8) is 0 Å². The Hall–Kier alpha value is -2.13. The predicted octanol–water partition coefficient (Wildman–Crippen LogP) is 1.72. The molecule has 0 unspecified atom stereocenters. The molecule has 3 fully saturated rings. The van der Waals surface area contributed by atoms with E-state index in [4.69, 9.17) is 0 Å². The number of nitrogens with zero attached hydrogens (tertiary/aromatic N) is 4. The fourth-order valence-electron chi connectivity index (χ4n) is 4.85. The summed E-state index contributed by atoms with van der Waals surface area (Å²) in [4.78, 5) is 20.9. The lowest BCUT2D eigenvalue weighted by molar-refractivity contribution is -0.148. The summed E-state index contributed by atoms with van der Waals surface area (Å²) in [6.07, 6.45) is 6.59. The Balaban J connectivity index is 1.59. The number of aromatic nitrogens is 1. The number of aliphatic carboxylic acids is 1. The van der Waals surface area contributed by atoms with Crippen LogP contribution in [-0.2, 0) is 4.79 Å². The number of hydrogen-bond donors (Lipinski definition) is 1. The minimum absolute atomic E-state index is 0.101. The Labute approximate surface area is 141 Å². The highest BCUT2D eigenvalue weighted by atomic mass is 16.4. The Bertz CT molecular complexity index is 695. The number of carbonyl (C=O) groups is 1. The zero-order valence-electron chi connectivity index (χ0n) is 13.7. The van der Waals surface area contributed by atoms with E-state index in [-0.39, 0.29) is 5.92 Å². The van der Waals surface area contributed by atoms with Gasteiger partial charge in [-0.05, 0) is 25.0 Å². The maximum absolute atomic E-state index is 12.2. The van der Waals surface area contributed by atoms with Crippen molar-refractivity contribution in [3.05, 3.63) is 23.9 Å². The highest BCUT2D eigenvalue weighted by molar-refractivity contribution is 5.78. The second-order valence-electron chi connectivity index (χ2n) is 7.39. The minimum atomic E-state index is -0.729. The first kappa shape index (κ1) is 15.4. The summed E-state index contributed by atoms with van der Waals surface area (Å²) in [5, 5.41) is 19.3. The van der Waals surface area contributed by atoms with Gasteiger partial charge in [0.1, 0.15) is 17.3 Å². The lowest BCUT2D eigenvalue weighted by Gasteiger charge is -2.29. The Morgan fingerprint density at radius 2 is 2.12 bits per heavy atom. The summed E-state index contributed by atoms with van der Waals surface area (Å²) in [6.45, 7) is 2.59. The summed E-state index contributed by atoms with van der Waals surface area (Å²) in [5.74, 6) is 0.0246. The zero-order valence-corrected chi connectivity index (χ0v) is 13.7. The van der Waals surface area contributed by atoms with Crippen LogP contribution in [0.2, 0.25) is 0 Å². The van der Waals surface area contributed by atoms with Gasteiger partial charge in [0.25, 0.3) is 0 Å². The quantitative estimate of drug-likeness (QED) is 0.911. The minimum Gasteiger partial charge on any atom is -0.481 e. The van der Waals surface area contributed by atoms with Crippen LogP contribution in [0.5, 0.6) is 0 Å². The number of fused-ring (bicyclic) bond motifs is 1. The molecule has 0 aromatic carbocycles. The summed E-state index contributed by atoms with van der Waals surface area (Å²) in [5.41, 5.74) is -0.210. The third-order valence-corrected chi connectivity index (χ3v) is 6.11. The number of carboxylic acids is 1. The molecule has 24 heavy (non-hydrogen) atoms. The third kappa shape index (κ3) is 2.27. The van der Waals surface area contributed by atoms with Crippen molar-refractivity contribution in [1.29, 1.82) is 5.26 Å². The van der Waals surface area contributed by atoms with Crippen LogP contribution in [0.4, 0.5) is 5.82 Å². The average molecular weight is 326 g/mol. The molecule has 0 bridgehead atoms. The van der Waals surface area contributed by atoms with Crippen LogP contribution in [0.1, 0.15) is 31.2 Å². The highest BCUT2D eigenvalue weighted by Gasteiger charge is 2.58. The highest BCUT2D eigenvalue weighted by Crippen LogP contribution is 2.46. The smallest absolute Gasteiger partial charge is 0.313 e. The molecular formula is C18H22N4O2. The summed E-state index contributed by atoms with van der Waals surface area (Å²) < 4.78 is 0. The van der Waals surface area contributed by atoms with Crippen LogP contribution in [0.3, 0.4) is 0 Å². The van der Waals surface area contributed by atoms with Gasteiger partial charge in [-0.2, -0.15) is 5.26 Å². The molecule has 2 aliphatic heterocycles. The number of anilines is 1. The molecular weight excluding hydrogens is 304 g/mol. The molecule has 1 aliphatic carbocycles. The van der Waals surface area contributed by atoms with Crippen LogP contribution in [-0.4, -0.2) is 53.2 Å². The monoisotopic (exact) mass is 326 g/mol. The number of pyridine rings is 1. The van der Waals surface area contributed by atoms with E-state index in [0.717, 1.165) is 6.54 Å². The van der Waals surface area contributed by atoms with E-state index in [0.29, 0.717) is 37.1 Å². The molecule has 1 N–H and O–H groups in total. The van der Waals surface area contributed by atoms with Crippen LogP contribution < -0.4 is 4.90 Å². The Morgan fingerprint density at radius 1 is 1.33 bits per heavy atom. The Kier molecular flexibility index (Phi) is 3.69. The SMILES string of the molecule is N#Cc1cccnc1N1C[C@@H]2CN(C3CCCC3)C[C@]2(C(=O)O)C1. The van der Waals surface area contributed by atoms with Gasteiger partial charge in [0.15, 0.2) is 0 Å². The second kappa shape index (κ2) is 5.75. The third-order valence-electron chi connectivity index (χ3n) is 6.11. The second-order valence-corrected chi connectivity index (χ2v) is 7.39. The van der Waals surface area contributed by atoms with E-state index in [1.54, 1.807) is 18.3 Å². The van der Waals surface area contributed by atoms with Crippen molar-refractivity contribution in [1.82, 2.24) is 9.88 Å². The van der Waals surface area contributed by atoms with Crippen molar-refractivity contribution in [2.24, 2.45) is 11.3 Å². The molecule has 3 heterocycles. The van der Waals surface area contributed by atoms with E-state index in [2.05, 4.69) is 16.0 Å². The van der Waals surface area contributed by atoms with Crippen LogP contribution in [0.25, 0.3) is 0 Å². The molecule has 2 saturated heterocycles. The Morgan fingerprint density at radius 3 is 2.79 bits per heavy atom. The molecule has 0 amide bonds. The van der Waals surface area contributed by atoms with Gasteiger partial charge in [-0.15, -0.1) is 0 Å². The predicted molar refractivity (Wildman–Crippen MR) is 88.6 cm³/mol. The molecule has 2 atom stereocenters. The first-order valence-corrected chi connectivity index (χ1v) is 8.71. The van der Waals surface area contributed by atoms with Gasteiger partial charge < -0.3 is 10.0 Å². The average Bonchev–Trinajstić information content (AvgIpc) is 3.28. The molecule has 1 saturated carbocycles. The van der Waals surface area contributed by atoms with Crippen molar-refractivity contribution in [3.8, 4) is 6.07 Å². The molecule has 6 heteroatoms. The molecule has 126 valence electrons. The molecule has 6 nitrogen and oxygen atoms in total. The lowest BCUT2D eigenvalue weighted by atomic mass is 9.81. The molecule has 4 rings (SSSR count). The van der Waals surface area contributed by atoms with Crippen molar-refractivity contribution < 1.29 is 9.90 Å². The van der Waals surface area contributed by atoms with Gasteiger partial charge in [-0.3, -0.25) is 9.69 Å². The zero-order chi connectivity index (χ0) is 16.7.